The number of hydrogen-bond donors (Lipinski definition) is 1. The molecule has 0 amide bonds. The molecular weight excluding hydrogens is 192 g/mol. The van der Waals surface area contributed by atoms with Gasteiger partial charge in [-0.05, 0) is 25.7 Å². The second-order valence-corrected chi connectivity index (χ2v) is 4.47. The highest BCUT2D eigenvalue weighted by Gasteiger charge is 2.28. The summed E-state index contributed by atoms with van der Waals surface area (Å²) >= 11 is 0. The van der Waals surface area contributed by atoms with E-state index >= 15 is 0 Å². The summed E-state index contributed by atoms with van der Waals surface area (Å²) in [6, 6.07) is 0. The van der Waals surface area contributed by atoms with Crippen LogP contribution >= 0.6 is 0 Å². The Morgan fingerprint density at radius 1 is 1.53 bits per heavy atom. The standard InChI is InChI=1S/C12H22O3/c1-5-12(4,11(13)14)7-9-15-8-6-10(2)3/h5,10H,1,6-9H2,2-4H3,(H,13,14). The van der Waals surface area contributed by atoms with Crippen molar-refractivity contribution < 1.29 is 14.6 Å². The van der Waals surface area contributed by atoms with Crippen LogP contribution in [0.2, 0.25) is 0 Å². The summed E-state index contributed by atoms with van der Waals surface area (Å²) in [6.07, 6.45) is 2.96. The van der Waals surface area contributed by atoms with Crippen molar-refractivity contribution in [3.63, 3.8) is 0 Å². The SMILES string of the molecule is C=CC(C)(CCOCCC(C)C)C(=O)O. The van der Waals surface area contributed by atoms with Crippen molar-refractivity contribution in [1.29, 1.82) is 0 Å². The molecule has 0 aliphatic rings. The second kappa shape index (κ2) is 6.62. The van der Waals surface area contributed by atoms with Crippen molar-refractivity contribution in [3.8, 4) is 0 Å². The second-order valence-electron chi connectivity index (χ2n) is 4.47. The van der Waals surface area contributed by atoms with E-state index in [2.05, 4.69) is 20.4 Å². The van der Waals surface area contributed by atoms with Gasteiger partial charge in [0.2, 0.25) is 0 Å². The molecular formula is C12H22O3. The largest absolute Gasteiger partial charge is 0.481 e. The van der Waals surface area contributed by atoms with E-state index < -0.39 is 11.4 Å². The summed E-state index contributed by atoms with van der Waals surface area (Å²) in [5.74, 6) is -0.222. The molecule has 1 unspecified atom stereocenters. The van der Waals surface area contributed by atoms with Gasteiger partial charge >= 0.3 is 5.97 Å². The Hall–Kier alpha value is -0.830. The topological polar surface area (TPSA) is 46.5 Å². The lowest BCUT2D eigenvalue weighted by Crippen LogP contribution is -2.26. The maximum Gasteiger partial charge on any atom is 0.313 e. The van der Waals surface area contributed by atoms with Gasteiger partial charge < -0.3 is 9.84 Å². The number of aliphatic carboxylic acids is 1. The molecule has 3 nitrogen and oxygen atoms in total. The smallest absolute Gasteiger partial charge is 0.313 e. The molecule has 0 bridgehead atoms. The molecule has 0 saturated carbocycles. The molecule has 0 aliphatic heterocycles. The number of ether oxygens (including phenoxy) is 1. The van der Waals surface area contributed by atoms with Crippen LogP contribution in [-0.4, -0.2) is 24.3 Å². The number of carboxylic acids is 1. The van der Waals surface area contributed by atoms with Crippen LogP contribution in [0.1, 0.15) is 33.6 Å². The normalized spacial score (nSPS) is 14.9. The zero-order valence-electron chi connectivity index (χ0n) is 9.95. The lowest BCUT2D eigenvalue weighted by Gasteiger charge is -2.19. The number of hydrogen-bond acceptors (Lipinski definition) is 2. The van der Waals surface area contributed by atoms with E-state index in [1.165, 1.54) is 6.08 Å². The molecule has 0 radical (unpaired) electrons. The summed E-state index contributed by atoms with van der Waals surface area (Å²) in [5, 5.41) is 8.95. The van der Waals surface area contributed by atoms with E-state index in [1.807, 2.05) is 0 Å². The lowest BCUT2D eigenvalue weighted by atomic mass is 9.88. The average molecular weight is 214 g/mol. The Kier molecular flexibility index (Phi) is 6.25. The summed E-state index contributed by atoms with van der Waals surface area (Å²) in [5.41, 5.74) is -0.863. The molecule has 0 saturated heterocycles. The van der Waals surface area contributed by atoms with Crippen LogP contribution in [0.4, 0.5) is 0 Å². The van der Waals surface area contributed by atoms with Gasteiger partial charge in [0.15, 0.2) is 0 Å². The molecule has 0 aromatic carbocycles. The van der Waals surface area contributed by atoms with Gasteiger partial charge in [-0.2, -0.15) is 0 Å². The highest BCUT2D eigenvalue weighted by molar-refractivity contribution is 5.76. The van der Waals surface area contributed by atoms with Gasteiger partial charge in [-0.1, -0.05) is 19.9 Å². The fourth-order valence-electron chi connectivity index (χ4n) is 1.00. The molecule has 0 rings (SSSR count). The highest BCUT2D eigenvalue weighted by atomic mass is 16.5. The minimum absolute atomic E-state index is 0.474. The zero-order valence-corrected chi connectivity index (χ0v) is 9.95. The van der Waals surface area contributed by atoms with Crippen LogP contribution in [0.25, 0.3) is 0 Å². The summed E-state index contributed by atoms with van der Waals surface area (Å²) in [4.78, 5) is 10.9. The number of carboxylic acid groups (broad SMARTS) is 1. The Bertz CT molecular complexity index is 211. The van der Waals surface area contributed by atoms with E-state index in [-0.39, 0.29) is 0 Å². The molecule has 1 N–H and O–H groups in total. The third-order valence-corrected chi connectivity index (χ3v) is 2.54. The molecule has 88 valence electrons. The first kappa shape index (κ1) is 14.2. The first-order valence-electron chi connectivity index (χ1n) is 5.37. The predicted octanol–water partition coefficient (Wildman–Crippen LogP) is 2.72. The Morgan fingerprint density at radius 3 is 2.53 bits per heavy atom. The molecule has 0 spiro atoms. The highest BCUT2D eigenvalue weighted by Crippen LogP contribution is 2.22. The molecule has 0 aliphatic carbocycles. The Morgan fingerprint density at radius 2 is 2.13 bits per heavy atom. The summed E-state index contributed by atoms with van der Waals surface area (Å²) in [7, 11) is 0. The lowest BCUT2D eigenvalue weighted by molar-refractivity contribution is -0.146. The average Bonchev–Trinajstić information content (AvgIpc) is 2.16. The zero-order chi connectivity index (χ0) is 11.9. The summed E-state index contributed by atoms with van der Waals surface area (Å²) in [6.45, 7) is 10.6. The minimum Gasteiger partial charge on any atom is -0.481 e. The van der Waals surface area contributed by atoms with Crippen LogP contribution < -0.4 is 0 Å². The third-order valence-electron chi connectivity index (χ3n) is 2.54. The van der Waals surface area contributed by atoms with Crippen LogP contribution in [-0.2, 0) is 9.53 Å². The number of rotatable bonds is 8. The fraction of sp³-hybridized carbons (Fsp3) is 0.750. The maximum absolute atomic E-state index is 10.9. The van der Waals surface area contributed by atoms with Crippen molar-refractivity contribution in [1.82, 2.24) is 0 Å². The molecule has 3 heteroatoms. The van der Waals surface area contributed by atoms with Crippen molar-refractivity contribution in [3.05, 3.63) is 12.7 Å². The van der Waals surface area contributed by atoms with Gasteiger partial charge in [-0.25, -0.2) is 0 Å². The van der Waals surface area contributed by atoms with Gasteiger partial charge in [0, 0.05) is 13.2 Å². The molecule has 0 aromatic rings. The van der Waals surface area contributed by atoms with E-state index in [9.17, 15) is 4.79 Å². The Labute approximate surface area is 92.1 Å². The Balaban J connectivity index is 3.74. The van der Waals surface area contributed by atoms with Crippen molar-refractivity contribution in [2.45, 2.75) is 33.6 Å². The third kappa shape index (κ3) is 5.57. The fourth-order valence-corrected chi connectivity index (χ4v) is 1.00. The molecule has 1 atom stereocenters. The van der Waals surface area contributed by atoms with Crippen LogP contribution in [0.15, 0.2) is 12.7 Å². The summed E-state index contributed by atoms with van der Waals surface area (Å²) < 4.78 is 5.38. The van der Waals surface area contributed by atoms with Gasteiger partial charge in [0.25, 0.3) is 0 Å². The molecule has 0 aromatic heterocycles. The van der Waals surface area contributed by atoms with Crippen LogP contribution in [0, 0.1) is 11.3 Å². The monoisotopic (exact) mass is 214 g/mol. The van der Waals surface area contributed by atoms with Crippen molar-refractivity contribution >= 4 is 5.97 Å². The molecule has 15 heavy (non-hydrogen) atoms. The predicted molar refractivity (Wildman–Crippen MR) is 60.8 cm³/mol. The van der Waals surface area contributed by atoms with Crippen LogP contribution in [0.5, 0.6) is 0 Å². The molecule has 0 fully saturated rings. The van der Waals surface area contributed by atoms with Gasteiger partial charge in [-0.15, -0.1) is 6.58 Å². The van der Waals surface area contributed by atoms with Crippen LogP contribution in [0.3, 0.4) is 0 Å². The van der Waals surface area contributed by atoms with E-state index in [0.717, 1.165) is 6.42 Å². The molecule has 0 heterocycles. The van der Waals surface area contributed by atoms with Gasteiger partial charge in [0.05, 0.1) is 5.41 Å². The van der Waals surface area contributed by atoms with Gasteiger partial charge in [0.1, 0.15) is 0 Å². The quantitative estimate of drug-likeness (QED) is 0.499. The van der Waals surface area contributed by atoms with Crippen molar-refractivity contribution in [2.75, 3.05) is 13.2 Å². The number of carbonyl (C=O) groups is 1. The minimum atomic E-state index is -0.863. The maximum atomic E-state index is 10.9. The van der Waals surface area contributed by atoms with E-state index in [4.69, 9.17) is 9.84 Å². The first-order valence-corrected chi connectivity index (χ1v) is 5.37. The van der Waals surface area contributed by atoms with Gasteiger partial charge in [-0.3, -0.25) is 4.79 Å². The first-order chi connectivity index (χ1) is 6.92. The van der Waals surface area contributed by atoms with E-state index in [1.54, 1.807) is 6.92 Å². The van der Waals surface area contributed by atoms with E-state index in [0.29, 0.717) is 25.6 Å². The van der Waals surface area contributed by atoms with Crippen molar-refractivity contribution in [2.24, 2.45) is 11.3 Å².